The number of hydrogen-bond acceptors (Lipinski definition) is 4. The Hall–Kier alpha value is -2.62. The van der Waals surface area contributed by atoms with Crippen LogP contribution in [0, 0.1) is 5.92 Å². The molecule has 0 bridgehead atoms. The van der Waals surface area contributed by atoms with Crippen LogP contribution < -0.4 is 4.31 Å². The number of carbonyl (C=O) groups is 1. The van der Waals surface area contributed by atoms with Crippen LogP contribution in [0.25, 0.3) is 0 Å². The minimum absolute atomic E-state index is 0.00369. The van der Waals surface area contributed by atoms with Gasteiger partial charge in [-0.3, -0.25) is 9.29 Å². The molecule has 1 saturated carbocycles. The predicted molar refractivity (Wildman–Crippen MR) is 104 cm³/mol. The van der Waals surface area contributed by atoms with E-state index in [-0.39, 0.29) is 22.1 Å². The van der Waals surface area contributed by atoms with Crippen molar-refractivity contribution in [1.82, 2.24) is 4.98 Å². The van der Waals surface area contributed by atoms with Crippen molar-refractivity contribution < 1.29 is 31.5 Å². The summed E-state index contributed by atoms with van der Waals surface area (Å²) in [6.45, 7) is 1.93. The Morgan fingerprint density at radius 3 is 2.23 bits per heavy atom. The molecule has 1 fully saturated rings. The molecule has 2 unspecified atom stereocenters. The molecule has 0 amide bonds. The van der Waals surface area contributed by atoms with Gasteiger partial charge in [-0.1, -0.05) is 19.8 Å². The molecular formula is C20H21F3N2O4S. The van der Waals surface area contributed by atoms with Gasteiger partial charge in [-0.25, -0.2) is 13.2 Å². The van der Waals surface area contributed by atoms with E-state index >= 15 is 0 Å². The number of aromatic carboxylic acids is 1. The van der Waals surface area contributed by atoms with Crippen LogP contribution >= 0.6 is 0 Å². The van der Waals surface area contributed by atoms with Crippen molar-refractivity contribution in [3.05, 3.63) is 53.9 Å². The molecule has 10 heteroatoms. The van der Waals surface area contributed by atoms with Crippen LogP contribution in [0.5, 0.6) is 0 Å². The lowest BCUT2D eigenvalue weighted by atomic mass is 9.86. The van der Waals surface area contributed by atoms with E-state index in [1.165, 1.54) is 28.6 Å². The molecule has 0 radical (unpaired) electrons. The van der Waals surface area contributed by atoms with Crippen molar-refractivity contribution in [3.63, 3.8) is 0 Å². The van der Waals surface area contributed by atoms with Crippen LogP contribution in [0.15, 0.2) is 47.5 Å². The summed E-state index contributed by atoms with van der Waals surface area (Å²) in [7, 11) is -4.23. The molecule has 1 N–H and O–H groups in total. The van der Waals surface area contributed by atoms with E-state index in [2.05, 4.69) is 4.98 Å². The Balaban J connectivity index is 2.07. The number of carboxylic acid groups (broad SMARTS) is 1. The first kappa shape index (κ1) is 22.1. The molecule has 3 rings (SSSR count). The van der Waals surface area contributed by atoms with Gasteiger partial charge in [0.15, 0.2) is 0 Å². The van der Waals surface area contributed by atoms with Crippen LogP contribution in [0.3, 0.4) is 0 Å². The number of halogens is 3. The number of sulfonamides is 1. The highest BCUT2D eigenvalue weighted by Crippen LogP contribution is 2.36. The van der Waals surface area contributed by atoms with Gasteiger partial charge in [0, 0.05) is 12.2 Å². The molecule has 0 spiro atoms. The summed E-state index contributed by atoms with van der Waals surface area (Å²) in [5.41, 5.74) is -0.910. The van der Waals surface area contributed by atoms with Gasteiger partial charge in [0.2, 0.25) is 0 Å². The number of carboxylic acids is 1. The normalized spacial score (nSPS) is 20.0. The van der Waals surface area contributed by atoms with Crippen molar-refractivity contribution in [1.29, 1.82) is 0 Å². The van der Waals surface area contributed by atoms with Gasteiger partial charge in [0.1, 0.15) is 10.6 Å². The molecule has 0 saturated heterocycles. The van der Waals surface area contributed by atoms with E-state index in [0.717, 1.165) is 25.3 Å². The summed E-state index contributed by atoms with van der Waals surface area (Å²) in [5.74, 6) is -1.12. The summed E-state index contributed by atoms with van der Waals surface area (Å²) in [4.78, 5) is 14.1. The summed E-state index contributed by atoms with van der Waals surface area (Å²) in [6, 6.07) is 6.55. The van der Waals surface area contributed by atoms with Gasteiger partial charge < -0.3 is 5.11 Å². The second-order valence-electron chi connectivity index (χ2n) is 7.36. The largest absolute Gasteiger partial charge is 0.478 e. The Morgan fingerprint density at radius 2 is 1.73 bits per heavy atom. The number of nitrogens with zero attached hydrogens (tertiary/aromatic N) is 2. The van der Waals surface area contributed by atoms with Gasteiger partial charge in [0.05, 0.1) is 11.3 Å². The van der Waals surface area contributed by atoms with Crippen LogP contribution in [0.1, 0.15) is 48.7 Å². The van der Waals surface area contributed by atoms with Crippen molar-refractivity contribution in [3.8, 4) is 0 Å². The molecule has 1 aromatic heterocycles. The van der Waals surface area contributed by atoms with Gasteiger partial charge in [0.25, 0.3) is 10.0 Å². The first-order valence-electron chi connectivity index (χ1n) is 9.43. The summed E-state index contributed by atoms with van der Waals surface area (Å²) in [5, 5.41) is 9.10. The zero-order chi connectivity index (χ0) is 22.1. The number of rotatable bonds is 5. The first-order valence-corrected chi connectivity index (χ1v) is 10.9. The summed E-state index contributed by atoms with van der Waals surface area (Å²) < 4.78 is 66.5. The number of benzene rings is 1. The van der Waals surface area contributed by atoms with Crippen LogP contribution in [-0.2, 0) is 16.2 Å². The predicted octanol–water partition coefficient (Wildman–Crippen LogP) is 4.57. The summed E-state index contributed by atoms with van der Waals surface area (Å²) >= 11 is 0. The SMILES string of the molecule is CC1CCCCC1N(c1ccc(C(=O)O)cc1)S(=O)(=O)c1ccc(C(F)(F)F)nc1. The van der Waals surface area contributed by atoms with E-state index < -0.39 is 33.9 Å². The molecule has 2 atom stereocenters. The van der Waals surface area contributed by atoms with E-state index in [4.69, 9.17) is 5.11 Å². The second kappa shape index (κ2) is 8.25. The number of aromatic nitrogens is 1. The first-order chi connectivity index (χ1) is 14.0. The maximum absolute atomic E-state index is 13.4. The van der Waals surface area contributed by atoms with Crippen molar-refractivity contribution in [2.45, 2.75) is 49.7 Å². The zero-order valence-corrected chi connectivity index (χ0v) is 16.9. The Kier molecular flexibility index (Phi) is 6.07. The molecule has 1 heterocycles. The maximum atomic E-state index is 13.4. The molecule has 1 aromatic carbocycles. The average molecular weight is 442 g/mol. The molecule has 6 nitrogen and oxygen atoms in total. The van der Waals surface area contributed by atoms with Crippen LogP contribution in [-0.4, -0.2) is 30.5 Å². The topological polar surface area (TPSA) is 87.6 Å². The lowest BCUT2D eigenvalue weighted by molar-refractivity contribution is -0.141. The molecule has 1 aliphatic carbocycles. The van der Waals surface area contributed by atoms with E-state index in [9.17, 15) is 26.4 Å². The number of alkyl halides is 3. The van der Waals surface area contributed by atoms with Gasteiger partial charge in [-0.05, 0) is 55.2 Å². The standard InChI is InChI=1S/C20H21F3N2O4S/c1-13-4-2-3-5-17(13)25(15-8-6-14(7-9-15)19(26)27)30(28,29)16-10-11-18(24-12-16)20(21,22)23/h6-13,17H,2-5H2,1H3,(H,26,27). The van der Waals surface area contributed by atoms with Gasteiger partial charge in [-0.15, -0.1) is 0 Å². The van der Waals surface area contributed by atoms with E-state index in [1.54, 1.807) is 0 Å². The van der Waals surface area contributed by atoms with Crippen molar-refractivity contribution >= 4 is 21.7 Å². The minimum atomic E-state index is -4.67. The molecule has 30 heavy (non-hydrogen) atoms. The quantitative estimate of drug-likeness (QED) is 0.733. The number of hydrogen-bond donors (Lipinski definition) is 1. The lowest BCUT2D eigenvalue weighted by Crippen LogP contribution is -2.45. The fourth-order valence-electron chi connectivity index (χ4n) is 3.72. The van der Waals surface area contributed by atoms with Crippen molar-refractivity contribution in [2.75, 3.05) is 4.31 Å². The van der Waals surface area contributed by atoms with E-state index in [0.29, 0.717) is 18.7 Å². The highest BCUT2D eigenvalue weighted by molar-refractivity contribution is 7.92. The summed E-state index contributed by atoms with van der Waals surface area (Å²) in [6.07, 6.45) is -0.772. The highest BCUT2D eigenvalue weighted by atomic mass is 32.2. The molecule has 1 aliphatic rings. The Bertz CT molecular complexity index is 1010. The second-order valence-corrected chi connectivity index (χ2v) is 9.17. The van der Waals surface area contributed by atoms with Gasteiger partial charge in [-0.2, -0.15) is 13.2 Å². The minimum Gasteiger partial charge on any atom is -0.478 e. The third kappa shape index (κ3) is 4.43. The van der Waals surface area contributed by atoms with Gasteiger partial charge >= 0.3 is 12.1 Å². The monoisotopic (exact) mass is 442 g/mol. The molecule has 0 aliphatic heterocycles. The lowest BCUT2D eigenvalue weighted by Gasteiger charge is -2.39. The highest BCUT2D eigenvalue weighted by Gasteiger charge is 2.37. The fraction of sp³-hybridized carbons (Fsp3) is 0.400. The average Bonchev–Trinajstić information content (AvgIpc) is 2.69. The maximum Gasteiger partial charge on any atom is 0.433 e. The van der Waals surface area contributed by atoms with E-state index in [1.807, 2.05) is 6.92 Å². The molecule has 2 aromatic rings. The smallest absolute Gasteiger partial charge is 0.433 e. The van der Waals surface area contributed by atoms with Crippen LogP contribution in [0.2, 0.25) is 0 Å². The third-order valence-corrected chi connectivity index (χ3v) is 7.16. The fourth-order valence-corrected chi connectivity index (χ4v) is 5.44. The number of anilines is 1. The number of pyridine rings is 1. The molecule has 162 valence electrons. The Labute approximate surface area is 172 Å². The van der Waals surface area contributed by atoms with Crippen molar-refractivity contribution in [2.24, 2.45) is 5.92 Å². The third-order valence-electron chi connectivity index (χ3n) is 5.32. The van der Waals surface area contributed by atoms with Crippen LogP contribution in [0.4, 0.5) is 18.9 Å². The molecular weight excluding hydrogens is 421 g/mol. The zero-order valence-electron chi connectivity index (χ0n) is 16.1. The Morgan fingerprint density at radius 1 is 1.10 bits per heavy atom.